The second kappa shape index (κ2) is 6.47. The van der Waals surface area contributed by atoms with Gasteiger partial charge >= 0.3 is 0 Å². The van der Waals surface area contributed by atoms with Gasteiger partial charge in [-0.05, 0) is 25.5 Å². The van der Waals surface area contributed by atoms with Crippen molar-refractivity contribution in [2.45, 2.75) is 26.7 Å². The molecule has 0 saturated carbocycles. The molecule has 2 rings (SSSR count). The fraction of sp³-hybridized carbons (Fsp3) is 0.333. The van der Waals surface area contributed by atoms with Gasteiger partial charge in [-0.15, -0.1) is 0 Å². The van der Waals surface area contributed by atoms with E-state index in [4.69, 9.17) is 0 Å². The van der Waals surface area contributed by atoms with Crippen LogP contribution in [0.15, 0.2) is 18.2 Å². The monoisotopic (exact) mass is 292 g/mol. The summed E-state index contributed by atoms with van der Waals surface area (Å²) in [5.41, 5.74) is 0.808. The van der Waals surface area contributed by atoms with Crippen LogP contribution >= 0.6 is 0 Å². The van der Waals surface area contributed by atoms with Gasteiger partial charge in [0.1, 0.15) is 29.1 Å². The third kappa shape index (κ3) is 3.45. The summed E-state index contributed by atoms with van der Waals surface area (Å²) in [4.78, 5) is 8.78. The molecule has 1 heterocycles. The number of anilines is 3. The van der Waals surface area contributed by atoms with Crippen LogP contribution in [-0.2, 0) is 6.42 Å². The molecular weight excluding hydrogens is 274 g/mol. The van der Waals surface area contributed by atoms with Crippen LogP contribution in [0.1, 0.15) is 24.7 Å². The molecule has 2 N–H and O–H groups in total. The third-order valence-corrected chi connectivity index (χ3v) is 3.08. The number of hydrogen-bond acceptors (Lipinski definition) is 4. The fourth-order valence-corrected chi connectivity index (χ4v) is 1.98. The Labute approximate surface area is 122 Å². The van der Waals surface area contributed by atoms with Gasteiger partial charge < -0.3 is 10.6 Å². The fourth-order valence-electron chi connectivity index (χ4n) is 1.98. The smallest absolute Gasteiger partial charge is 0.146 e. The van der Waals surface area contributed by atoms with E-state index in [0.29, 0.717) is 17.5 Å². The van der Waals surface area contributed by atoms with E-state index >= 15 is 0 Å². The molecule has 0 bridgehead atoms. The maximum Gasteiger partial charge on any atom is 0.146 e. The number of nitrogens with zero attached hydrogens (tertiary/aromatic N) is 2. The van der Waals surface area contributed by atoms with Gasteiger partial charge in [0.05, 0.1) is 5.69 Å². The lowest BCUT2D eigenvalue weighted by Gasteiger charge is -2.14. The van der Waals surface area contributed by atoms with Crippen LogP contribution in [0, 0.1) is 18.6 Å². The molecule has 6 heteroatoms. The Balaban J connectivity index is 2.42. The van der Waals surface area contributed by atoms with Crippen LogP contribution in [0.3, 0.4) is 0 Å². The summed E-state index contributed by atoms with van der Waals surface area (Å²) < 4.78 is 27.0. The first kappa shape index (κ1) is 15.2. The molecule has 1 aromatic heterocycles. The maximum atomic E-state index is 13.7. The van der Waals surface area contributed by atoms with Gasteiger partial charge in [-0.1, -0.05) is 6.92 Å². The van der Waals surface area contributed by atoms with Gasteiger partial charge in [0.15, 0.2) is 0 Å². The average Bonchev–Trinajstić information content (AvgIpc) is 2.46. The van der Waals surface area contributed by atoms with Crippen molar-refractivity contribution < 1.29 is 8.78 Å². The van der Waals surface area contributed by atoms with Crippen LogP contribution in [-0.4, -0.2) is 17.0 Å². The second-order valence-electron chi connectivity index (χ2n) is 4.71. The van der Waals surface area contributed by atoms with E-state index in [0.717, 1.165) is 36.6 Å². The lowest BCUT2D eigenvalue weighted by molar-refractivity contribution is 0.603. The number of aryl methyl sites for hydroxylation is 1. The van der Waals surface area contributed by atoms with Gasteiger partial charge in [-0.2, -0.15) is 0 Å². The molecule has 1 aromatic carbocycles. The Hall–Kier alpha value is -2.24. The largest absolute Gasteiger partial charge is 0.373 e. The van der Waals surface area contributed by atoms with Gasteiger partial charge in [-0.25, -0.2) is 18.7 Å². The molecule has 0 aliphatic heterocycles. The SMILES string of the molecule is CCCc1nc(NC)c(C)c(Nc2cc(F)ccc2F)n1. The molecule has 0 unspecified atom stereocenters. The molecule has 21 heavy (non-hydrogen) atoms. The molecule has 0 aliphatic rings. The minimum Gasteiger partial charge on any atom is -0.373 e. The number of hydrogen-bond donors (Lipinski definition) is 2. The quantitative estimate of drug-likeness (QED) is 0.880. The van der Waals surface area contributed by atoms with Crippen molar-refractivity contribution in [3.63, 3.8) is 0 Å². The highest BCUT2D eigenvalue weighted by molar-refractivity contribution is 5.65. The van der Waals surface area contributed by atoms with Crippen LogP contribution in [0.4, 0.5) is 26.1 Å². The van der Waals surface area contributed by atoms with Crippen molar-refractivity contribution >= 4 is 17.3 Å². The van der Waals surface area contributed by atoms with Gasteiger partial charge in [0.2, 0.25) is 0 Å². The van der Waals surface area contributed by atoms with Crippen LogP contribution in [0.5, 0.6) is 0 Å². The normalized spacial score (nSPS) is 10.5. The number of halogens is 2. The first-order valence-corrected chi connectivity index (χ1v) is 6.82. The topological polar surface area (TPSA) is 49.8 Å². The van der Waals surface area contributed by atoms with E-state index < -0.39 is 11.6 Å². The first-order chi connectivity index (χ1) is 10.0. The van der Waals surface area contributed by atoms with E-state index in [1.165, 1.54) is 0 Å². The lowest BCUT2D eigenvalue weighted by atomic mass is 10.2. The number of benzene rings is 1. The highest BCUT2D eigenvalue weighted by atomic mass is 19.1. The van der Waals surface area contributed by atoms with E-state index in [-0.39, 0.29) is 5.69 Å². The average molecular weight is 292 g/mol. The molecule has 0 saturated heterocycles. The summed E-state index contributed by atoms with van der Waals surface area (Å²) in [5, 5.41) is 5.84. The molecule has 0 spiro atoms. The predicted octanol–water partition coefficient (Wildman–Crippen LogP) is 3.80. The highest BCUT2D eigenvalue weighted by Gasteiger charge is 2.12. The van der Waals surface area contributed by atoms with Crippen LogP contribution < -0.4 is 10.6 Å². The minimum absolute atomic E-state index is 0.0568. The summed E-state index contributed by atoms with van der Waals surface area (Å²) in [6.45, 7) is 3.85. The molecule has 4 nitrogen and oxygen atoms in total. The molecular formula is C15H18F2N4. The van der Waals surface area contributed by atoms with Gasteiger partial charge in [0, 0.05) is 25.1 Å². The zero-order valence-corrected chi connectivity index (χ0v) is 12.3. The Bertz CT molecular complexity index is 644. The van der Waals surface area contributed by atoms with Crippen molar-refractivity contribution in [2.75, 3.05) is 17.7 Å². The van der Waals surface area contributed by atoms with Crippen LogP contribution in [0.25, 0.3) is 0 Å². The summed E-state index contributed by atoms with van der Waals surface area (Å²) in [6, 6.07) is 3.27. The first-order valence-electron chi connectivity index (χ1n) is 6.82. The highest BCUT2D eigenvalue weighted by Crippen LogP contribution is 2.25. The molecule has 0 atom stereocenters. The molecule has 0 amide bonds. The Morgan fingerprint density at radius 1 is 1.14 bits per heavy atom. The third-order valence-electron chi connectivity index (χ3n) is 3.08. The van der Waals surface area contributed by atoms with E-state index in [2.05, 4.69) is 20.6 Å². The van der Waals surface area contributed by atoms with Crippen molar-refractivity contribution in [3.8, 4) is 0 Å². The van der Waals surface area contributed by atoms with Crippen molar-refractivity contribution in [1.29, 1.82) is 0 Å². The van der Waals surface area contributed by atoms with Crippen molar-refractivity contribution in [3.05, 3.63) is 41.2 Å². The Morgan fingerprint density at radius 3 is 2.52 bits per heavy atom. The summed E-state index contributed by atoms with van der Waals surface area (Å²) in [7, 11) is 1.76. The van der Waals surface area contributed by atoms with Gasteiger partial charge in [-0.3, -0.25) is 0 Å². The molecule has 0 radical (unpaired) electrons. The molecule has 2 aromatic rings. The Kier molecular flexibility index (Phi) is 4.67. The van der Waals surface area contributed by atoms with E-state index in [1.54, 1.807) is 7.05 Å². The standard InChI is InChI=1S/C15H18F2N4/c1-4-5-13-20-14(18-3)9(2)15(21-13)19-12-8-10(16)6-7-11(12)17/h6-8H,4-5H2,1-3H3,(H2,18,19,20,21). The Morgan fingerprint density at radius 2 is 1.86 bits per heavy atom. The molecule has 0 fully saturated rings. The minimum atomic E-state index is -0.530. The zero-order valence-electron chi connectivity index (χ0n) is 12.3. The number of nitrogens with one attached hydrogen (secondary N) is 2. The van der Waals surface area contributed by atoms with Crippen molar-refractivity contribution in [2.24, 2.45) is 0 Å². The molecule has 112 valence electrons. The summed E-state index contributed by atoms with van der Waals surface area (Å²) in [5.74, 6) is 0.771. The second-order valence-corrected chi connectivity index (χ2v) is 4.71. The number of rotatable bonds is 5. The predicted molar refractivity (Wildman–Crippen MR) is 80.0 cm³/mol. The number of aromatic nitrogens is 2. The lowest BCUT2D eigenvalue weighted by Crippen LogP contribution is -2.08. The van der Waals surface area contributed by atoms with Crippen LogP contribution in [0.2, 0.25) is 0 Å². The van der Waals surface area contributed by atoms with E-state index in [1.807, 2.05) is 13.8 Å². The van der Waals surface area contributed by atoms with E-state index in [9.17, 15) is 8.78 Å². The molecule has 0 aliphatic carbocycles. The zero-order chi connectivity index (χ0) is 15.4. The van der Waals surface area contributed by atoms with Crippen molar-refractivity contribution in [1.82, 2.24) is 9.97 Å². The summed E-state index contributed by atoms with van der Waals surface area (Å²) in [6.07, 6.45) is 1.62. The van der Waals surface area contributed by atoms with Gasteiger partial charge in [0.25, 0.3) is 0 Å². The summed E-state index contributed by atoms with van der Waals surface area (Å²) >= 11 is 0. The maximum absolute atomic E-state index is 13.7.